The largest absolute Gasteiger partial charge is 0.305 e. The predicted molar refractivity (Wildman–Crippen MR) is 80.3 cm³/mol. The lowest BCUT2D eigenvalue weighted by Gasteiger charge is -2.44. The van der Waals surface area contributed by atoms with Gasteiger partial charge in [-0.2, -0.15) is 0 Å². The van der Waals surface area contributed by atoms with Crippen LogP contribution in [0.1, 0.15) is 26.3 Å². The van der Waals surface area contributed by atoms with Gasteiger partial charge in [-0.05, 0) is 39.3 Å². The van der Waals surface area contributed by atoms with Crippen molar-refractivity contribution in [1.82, 2.24) is 0 Å². The van der Waals surface area contributed by atoms with E-state index in [1.54, 1.807) is 0 Å². The van der Waals surface area contributed by atoms with Gasteiger partial charge in [-0.25, -0.2) is 7.14 Å². The Hall–Kier alpha value is 0.0649. The number of thioether (sulfide) groups is 1. The molecule has 87 valence electrons. The average molecular weight is 251 g/mol. The summed E-state index contributed by atoms with van der Waals surface area (Å²) in [5, 5.41) is 0.239. The highest BCUT2D eigenvalue weighted by Crippen LogP contribution is 2.64. The van der Waals surface area contributed by atoms with E-state index in [1.165, 1.54) is 10.5 Å². The minimum absolute atomic E-state index is 0.239. The van der Waals surface area contributed by atoms with Crippen molar-refractivity contribution in [3.05, 3.63) is 29.8 Å². The zero-order valence-corrected chi connectivity index (χ0v) is 12.7. The Labute approximate surface area is 106 Å². The van der Waals surface area contributed by atoms with Crippen molar-refractivity contribution < 1.29 is 0 Å². The molecular formula is C13H21BPS. The molecule has 0 heterocycles. The van der Waals surface area contributed by atoms with Gasteiger partial charge in [0.05, 0.1) is 5.49 Å². The van der Waals surface area contributed by atoms with Crippen LogP contribution in [0.3, 0.4) is 0 Å². The van der Waals surface area contributed by atoms with Crippen LogP contribution in [0, 0.1) is 6.92 Å². The van der Waals surface area contributed by atoms with Gasteiger partial charge in [-0.15, -0.1) is 0 Å². The van der Waals surface area contributed by atoms with Crippen molar-refractivity contribution in [1.29, 1.82) is 0 Å². The standard InChI is InChI=1S/C13H21BPS/c1-11-8-6-7-9-12(11)16-10-15(5,14)13(2,3)4/h6-9H,10H2,1-5H3. The van der Waals surface area contributed by atoms with Gasteiger partial charge in [-0.1, -0.05) is 30.0 Å². The van der Waals surface area contributed by atoms with Gasteiger partial charge in [0.2, 0.25) is 0 Å². The van der Waals surface area contributed by atoms with Crippen LogP contribution in [0.25, 0.3) is 0 Å². The summed E-state index contributed by atoms with van der Waals surface area (Å²) in [5.74, 6) is 0. The summed E-state index contributed by atoms with van der Waals surface area (Å²) in [4.78, 5) is 1.36. The van der Waals surface area contributed by atoms with Crippen LogP contribution < -0.4 is 0 Å². The summed E-state index contributed by atoms with van der Waals surface area (Å²) in [6.45, 7) is 11.2. The summed E-state index contributed by atoms with van der Waals surface area (Å²) in [7, 11) is 5.13. The lowest BCUT2D eigenvalue weighted by atomic mass is 10.2. The number of rotatable bonds is 3. The average Bonchev–Trinajstić information content (AvgIpc) is 2.15. The van der Waals surface area contributed by atoms with Gasteiger partial charge in [-0.3, -0.25) is 0 Å². The maximum atomic E-state index is 6.48. The monoisotopic (exact) mass is 251 g/mol. The molecule has 0 saturated carbocycles. The lowest BCUT2D eigenvalue weighted by molar-refractivity contribution is 0.783. The molecule has 0 aliphatic heterocycles. The highest BCUT2D eigenvalue weighted by atomic mass is 32.2. The molecule has 3 heteroatoms. The topological polar surface area (TPSA) is 0 Å². The highest BCUT2D eigenvalue weighted by Gasteiger charge is 2.28. The van der Waals surface area contributed by atoms with Crippen LogP contribution >= 0.6 is 18.9 Å². The molecule has 0 bridgehead atoms. The second-order valence-electron chi connectivity index (χ2n) is 5.48. The Kier molecular flexibility index (Phi) is 4.54. The smallest absolute Gasteiger partial charge is 0.0614 e. The molecule has 1 aromatic carbocycles. The normalized spacial score (nSPS) is 15.9. The second kappa shape index (κ2) is 5.15. The van der Waals surface area contributed by atoms with Gasteiger partial charge < -0.3 is 7.57 Å². The SMILES string of the molecule is [B-][P+](C)(CSc1ccccc1C)C(C)(C)C. The van der Waals surface area contributed by atoms with E-state index in [1.807, 2.05) is 11.8 Å². The van der Waals surface area contributed by atoms with Gasteiger partial charge in [0, 0.05) is 16.7 Å². The first-order valence-corrected chi connectivity index (χ1v) is 9.04. The first-order chi connectivity index (χ1) is 7.24. The van der Waals surface area contributed by atoms with E-state index < -0.39 is 7.14 Å². The minimum Gasteiger partial charge on any atom is -0.305 e. The Balaban J connectivity index is 2.69. The fourth-order valence-corrected chi connectivity index (χ4v) is 4.76. The second-order valence-corrected chi connectivity index (χ2v) is 11.1. The van der Waals surface area contributed by atoms with E-state index in [-0.39, 0.29) is 5.16 Å². The highest BCUT2D eigenvalue weighted by molar-refractivity contribution is 8.13. The van der Waals surface area contributed by atoms with Crippen LogP contribution in [0.15, 0.2) is 29.2 Å². The van der Waals surface area contributed by atoms with Crippen molar-refractivity contribution in [2.45, 2.75) is 37.7 Å². The van der Waals surface area contributed by atoms with Crippen molar-refractivity contribution in [2.24, 2.45) is 0 Å². The third-order valence-corrected chi connectivity index (χ3v) is 9.61. The molecule has 0 saturated heterocycles. The molecule has 0 aliphatic rings. The van der Waals surface area contributed by atoms with E-state index >= 15 is 0 Å². The molecule has 0 N–H and O–H groups in total. The molecular weight excluding hydrogens is 230 g/mol. The number of hydrogen-bond acceptors (Lipinski definition) is 1. The zero-order chi connectivity index (χ0) is 12.4. The van der Waals surface area contributed by atoms with Gasteiger partial charge in [0.25, 0.3) is 0 Å². The predicted octanol–water partition coefficient (Wildman–Crippen LogP) is 4.57. The molecule has 0 fully saturated rings. The van der Waals surface area contributed by atoms with Gasteiger partial charge in [0.1, 0.15) is 0 Å². The van der Waals surface area contributed by atoms with Crippen molar-refractivity contribution in [3.8, 4) is 0 Å². The summed E-state index contributed by atoms with van der Waals surface area (Å²) in [5.41, 5.74) is 2.41. The lowest BCUT2D eigenvalue weighted by Crippen LogP contribution is -2.21. The van der Waals surface area contributed by atoms with Crippen molar-refractivity contribution >= 4 is 26.5 Å². The first-order valence-electron chi connectivity index (χ1n) is 5.57. The van der Waals surface area contributed by atoms with E-state index in [0.29, 0.717) is 0 Å². The third-order valence-electron chi connectivity index (χ3n) is 3.11. The van der Waals surface area contributed by atoms with Crippen molar-refractivity contribution in [2.75, 3.05) is 12.2 Å². The molecule has 1 aromatic rings. The fraction of sp³-hybridized carbons (Fsp3) is 0.538. The number of hydrogen-bond donors (Lipinski definition) is 0. The van der Waals surface area contributed by atoms with E-state index in [9.17, 15) is 0 Å². The van der Waals surface area contributed by atoms with Crippen LogP contribution in [-0.2, 0) is 0 Å². The fourth-order valence-electron chi connectivity index (χ4n) is 1.12. The van der Waals surface area contributed by atoms with Gasteiger partial charge >= 0.3 is 0 Å². The summed E-state index contributed by atoms with van der Waals surface area (Å²) in [6.07, 6.45) is 0. The Bertz CT molecular complexity index is 355. The number of aryl methyl sites for hydroxylation is 1. The van der Waals surface area contributed by atoms with Crippen LogP contribution in [0.2, 0.25) is 0 Å². The summed E-state index contributed by atoms with van der Waals surface area (Å²) >= 11 is 1.91. The molecule has 1 rings (SSSR count). The van der Waals surface area contributed by atoms with Crippen molar-refractivity contribution in [3.63, 3.8) is 0 Å². The van der Waals surface area contributed by atoms with E-state index in [4.69, 9.17) is 7.57 Å². The Morgan fingerprint density at radius 2 is 1.81 bits per heavy atom. The maximum Gasteiger partial charge on any atom is 0.0614 e. The first kappa shape index (κ1) is 14.1. The molecule has 0 aliphatic carbocycles. The molecule has 0 spiro atoms. The van der Waals surface area contributed by atoms with Crippen LogP contribution in [0.5, 0.6) is 0 Å². The van der Waals surface area contributed by atoms with E-state index in [0.717, 1.165) is 5.49 Å². The zero-order valence-electron chi connectivity index (χ0n) is 10.9. The molecule has 3 radical (unpaired) electrons. The Morgan fingerprint density at radius 1 is 1.25 bits per heavy atom. The van der Waals surface area contributed by atoms with Gasteiger partial charge in [0.15, 0.2) is 0 Å². The minimum atomic E-state index is -1.35. The third kappa shape index (κ3) is 3.53. The molecule has 0 aromatic heterocycles. The number of benzene rings is 1. The quantitative estimate of drug-likeness (QED) is 0.430. The molecule has 1 atom stereocenters. The van der Waals surface area contributed by atoms with E-state index in [2.05, 4.69) is 58.6 Å². The molecule has 0 nitrogen and oxygen atoms in total. The molecule has 1 unspecified atom stereocenters. The summed E-state index contributed by atoms with van der Waals surface area (Å²) < 4.78 is 0. The Morgan fingerprint density at radius 3 is 2.31 bits per heavy atom. The summed E-state index contributed by atoms with van der Waals surface area (Å²) in [6, 6.07) is 8.52. The van der Waals surface area contributed by atoms with Crippen LogP contribution in [0.4, 0.5) is 0 Å². The molecule has 16 heavy (non-hydrogen) atoms. The molecule has 0 amide bonds. The maximum absolute atomic E-state index is 6.48. The van der Waals surface area contributed by atoms with Crippen LogP contribution in [-0.4, -0.2) is 24.9 Å².